The number of aliphatic carboxylic acids is 1. The van der Waals surface area contributed by atoms with Crippen molar-refractivity contribution < 1.29 is 19.5 Å². The van der Waals surface area contributed by atoms with Gasteiger partial charge in [-0.1, -0.05) is 50.6 Å². The lowest BCUT2D eigenvalue weighted by molar-refractivity contribution is -0.141. The van der Waals surface area contributed by atoms with Crippen LogP contribution >= 0.6 is 0 Å². The topological polar surface area (TPSA) is 117 Å². The van der Waals surface area contributed by atoms with Crippen molar-refractivity contribution in [3.63, 3.8) is 0 Å². The predicted molar refractivity (Wildman–Crippen MR) is 156 cm³/mol. The molecule has 0 aliphatic carbocycles. The summed E-state index contributed by atoms with van der Waals surface area (Å²) in [5.74, 6) is -0.0206. The number of benzene rings is 2. The van der Waals surface area contributed by atoms with Gasteiger partial charge in [0.2, 0.25) is 5.91 Å². The number of aryl methyl sites for hydroxylation is 1. The van der Waals surface area contributed by atoms with E-state index in [1.54, 1.807) is 9.58 Å². The number of piperidine rings is 1. The molecule has 9 heteroatoms. The first-order valence-corrected chi connectivity index (χ1v) is 13.8. The molecule has 0 spiro atoms. The molecule has 0 bridgehead atoms. The monoisotopic (exact) mass is 545 g/mol. The highest BCUT2D eigenvalue weighted by atomic mass is 16.4. The van der Waals surface area contributed by atoms with Crippen LogP contribution in [-0.2, 0) is 21.4 Å². The van der Waals surface area contributed by atoms with E-state index in [1.807, 2.05) is 55.5 Å². The molecule has 1 aliphatic heterocycles. The van der Waals surface area contributed by atoms with Gasteiger partial charge in [0.25, 0.3) is 0 Å². The largest absolute Gasteiger partial charge is 0.481 e. The minimum Gasteiger partial charge on any atom is -0.481 e. The van der Waals surface area contributed by atoms with Crippen molar-refractivity contribution in [3.05, 3.63) is 71.4 Å². The second-order valence-electron chi connectivity index (χ2n) is 11.6. The van der Waals surface area contributed by atoms with E-state index in [4.69, 9.17) is 10.2 Å². The first kappa shape index (κ1) is 28.9. The highest BCUT2D eigenvalue weighted by Crippen LogP contribution is 2.27. The van der Waals surface area contributed by atoms with Gasteiger partial charge in [0.1, 0.15) is 5.82 Å². The normalized spacial score (nSPS) is 14.2. The lowest BCUT2D eigenvalue weighted by atomic mass is 9.90. The van der Waals surface area contributed by atoms with Crippen LogP contribution in [0.3, 0.4) is 0 Å². The molecule has 0 saturated carbocycles. The Morgan fingerprint density at radius 1 is 0.975 bits per heavy atom. The smallest absolute Gasteiger partial charge is 0.324 e. The number of carbonyl (C=O) groups excluding carboxylic acids is 2. The molecule has 1 aliphatic rings. The Kier molecular flexibility index (Phi) is 8.92. The van der Waals surface area contributed by atoms with Crippen LogP contribution in [0.5, 0.6) is 0 Å². The zero-order valence-corrected chi connectivity index (χ0v) is 23.7. The third-order valence-electron chi connectivity index (χ3n) is 7.23. The summed E-state index contributed by atoms with van der Waals surface area (Å²) in [5, 5.41) is 19.5. The Morgan fingerprint density at radius 2 is 1.68 bits per heavy atom. The molecule has 40 heavy (non-hydrogen) atoms. The number of nitrogens with one attached hydrogen (secondary N) is 2. The van der Waals surface area contributed by atoms with E-state index in [-0.39, 0.29) is 30.2 Å². The number of hydrogen-bond donors (Lipinski definition) is 3. The molecule has 0 unspecified atom stereocenters. The fraction of sp³-hybridized carbons (Fsp3) is 0.419. The van der Waals surface area contributed by atoms with Crippen LogP contribution in [-0.4, -0.2) is 50.8 Å². The number of amides is 3. The van der Waals surface area contributed by atoms with Gasteiger partial charge >= 0.3 is 12.0 Å². The molecular formula is C31H39N5O4. The molecule has 3 N–H and O–H groups in total. The maximum atomic E-state index is 13.0. The van der Waals surface area contributed by atoms with E-state index in [1.165, 1.54) is 0 Å². The third kappa shape index (κ3) is 7.71. The molecule has 0 atom stereocenters. The maximum absolute atomic E-state index is 13.0. The Morgan fingerprint density at radius 3 is 2.33 bits per heavy atom. The van der Waals surface area contributed by atoms with Crippen molar-refractivity contribution >= 4 is 29.4 Å². The lowest BCUT2D eigenvalue weighted by Crippen LogP contribution is -2.39. The fourth-order valence-corrected chi connectivity index (χ4v) is 4.87. The predicted octanol–water partition coefficient (Wildman–Crippen LogP) is 5.77. The number of aromatic nitrogens is 2. The molecule has 4 rings (SSSR count). The molecule has 2 heterocycles. The number of carbonyl (C=O) groups is 3. The van der Waals surface area contributed by atoms with Crippen LogP contribution in [0.4, 0.5) is 16.3 Å². The zero-order chi connectivity index (χ0) is 28.9. The van der Waals surface area contributed by atoms with Crippen molar-refractivity contribution in [2.24, 2.45) is 5.92 Å². The second kappa shape index (κ2) is 12.4. The van der Waals surface area contributed by atoms with Gasteiger partial charge in [0, 0.05) is 36.7 Å². The summed E-state index contributed by atoms with van der Waals surface area (Å²) in [6.45, 7) is 9.59. The van der Waals surface area contributed by atoms with Crippen molar-refractivity contribution in [1.82, 2.24) is 14.7 Å². The summed E-state index contributed by atoms with van der Waals surface area (Å²) in [5.41, 5.74) is 4.53. The number of carboxylic acid groups (broad SMARTS) is 1. The average Bonchev–Trinajstić information content (AvgIpc) is 3.32. The standard InChI is InChI=1S/C31H39N5O4/c1-21-8-10-25(11-9-21)36-27(20-26(34-36)31(2,3)4)33-30(40)32-24-7-5-6-23(19-24)18-22-14-16-35(17-15-22)28(37)12-13-29(38)39/h5-11,19-20,22H,12-18H2,1-4H3,(H,38,39)(H2,32,33,40). The number of carboxylic acids is 1. The van der Waals surface area contributed by atoms with Gasteiger partial charge < -0.3 is 15.3 Å². The molecule has 2 aromatic carbocycles. The zero-order valence-electron chi connectivity index (χ0n) is 23.7. The van der Waals surface area contributed by atoms with E-state index in [0.717, 1.165) is 41.8 Å². The number of anilines is 2. The number of rotatable bonds is 8. The average molecular weight is 546 g/mol. The Bertz CT molecular complexity index is 1350. The maximum Gasteiger partial charge on any atom is 0.324 e. The summed E-state index contributed by atoms with van der Waals surface area (Å²) in [7, 11) is 0. The Labute approximate surface area is 235 Å². The quantitative estimate of drug-likeness (QED) is 0.332. The molecule has 3 amide bonds. The third-order valence-corrected chi connectivity index (χ3v) is 7.23. The van der Waals surface area contributed by atoms with Crippen LogP contribution in [0.2, 0.25) is 0 Å². The van der Waals surface area contributed by atoms with E-state index in [0.29, 0.717) is 30.5 Å². The van der Waals surface area contributed by atoms with Crippen molar-refractivity contribution in [1.29, 1.82) is 0 Å². The summed E-state index contributed by atoms with van der Waals surface area (Å²) in [6.07, 6.45) is 2.52. The van der Waals surface area contributed by atoms with Gasteiger partial charge in [-0.2, -0.15) is 5.10 Å². The Hall–Kier alpha value is -4.14. The van der Waals surface area contributed by atoms with E-state index >= 15 is 0 Å². The minimum atomic E-state index is -0.947. The second-order valence-corrected chi connectivity index (χ2v) is 11.6. The molecule has 1 fully saturated rings. The summed E-state index contributed by atoms with van der Waals surface area (Å²) >= 11 is 0. The number of hydrogen-bond acceptors (Lipinski definition) is 4. The molecule has 212 valence electrons. The molecule has 0 radical (unpaired) electrons. The number of likely N-dealkylation sites (tertiary alicyclic amines) is 1. The van der Waals surface area contributed by atoms with E-state index in [2.05, 4.69) is 37.5 Å². The van der Waals surface area contributed by atoms with Crippen LogP contribution in [0.1, 0.15) is 63.3 Å². The van der Waals surface area contributed by atoms with Gasteiger partial charge in [-0.3, -0.25) is 14.9 Å². The molecule has 1 aromatic heterocycles. The number of nitrogens with zero attached hydrogens (tertiary/aromatic N) is 3. The first-order valence-electron chi connectivity index (χ1n) is 13.8. The van der Waals surface area contributed by atoms with Gasteiger partial charge in [-0.25, -0.2) is 9.48 Å². The fourth-order valence-electron chi connectivity index (χ4n) is 4.87. The Balaban J connectivity index is 1.37. The van der Waals surface area contributed by atoms with Crippen LogP contribution in [0.25, 0.3) is 5.69 Å². The summed E-state index contributed by atoms with van der Waals surface area (Å²) < 4.78 is 1.76. The van der Waals surface area contributed by atoms with E-state index in [9.17, 15) is 14.4 Å². The first-order chi connectivity index (χ1) is 19.0. The van der Waals surface area contributed by atoms with Gasteiger partial charge in [-0.05, 0) is 61.9 Å². The molecule has 3 aromatic rings. The lowest BCUT2D eigenvalue weighted by Gasteiger charge is -2.32. The van der Waals surface area contributed by atoms with Crippen LogP contribution in [0.15, 0.2) is 54.6 Å². The van der Waals surface area contributed by atoms with Crippen molar-refractivity contribution in [2.45, 2.75) is 65.2 Å². The van der Waals surface area contributed by atoms with Gasteiger partial charge in [0.05, 0.1) is 17.8 Å². The summed E-state index contributed by atoms with van der Waals surface area (Å²) in [6, 6.07) is 17.4. The highest BCUT2D eigenvalue weighted by Gasteiger charge is 2.24. The minimum absolute atomic E-state index is 0.0547. The summed E-state index contributed by atoms with van der Waals surface area (Å²) in [4.78, 5) is 37.8. The van der Waals surface area contributed by atoms with Gasteiger partial charge in [0.15, 0.2) is 0 Å². The van der Waals surface area contributed by atoms with Crippen molar-refractivity contribution in [2.75, 3.05) is 23.7 Å². The van der Waals surface area contributed by atoms with E-state index < -0.39 is 5.97 Å². The SMILES string of the molecule is Cc1ccc(-n2nc(C(C)(C)C)cc2NC(=O)Nc2cccc(CC3CCN(C(=O)CCC(=O)O)CC3)c2)cc1. The van der Waals surface area contributed by atoms with Crippen LogP contribution in [0, 0.1) is 12.8 Å². The highest BCUT2D eigenvalue weighted by molar-refractivity contribution is 5.99. The van der Waals surface area contributed by atoms with Gasteiger partial charge in [-0.15, -0.1) is 0 Å². The number of urea groups is 1. The van der Waals surface area contributed by atoms with Crippen LogP contribution < -0.4 is 10.6 Å². The molecular weight excluding hydrogens is 506 g/mol. The molecule has 9 nitrogen and oxygen atoms in total. The van der Waals surface area contributed by atoms with Crippen molar-refractivity contribution in [3.8, 4) is 5.69 Å². The molecule has 1 saturated heterocycles.